The Morgan fingerprint density at radius 2 is 1.97 bits per heavy atom. The molecule has 2 fully saturated rings. The van der Waals surface area contributed by atoms with E-state index in [0.717, 1.165) is 32.2 Å². The van der Waals surface area contributed by atoms with Gasteiger partial charge in [0.25, 0.3) is 0 Å². The number of nitrogens with zero attached hydrogens (tertiary/aromatic N) is 2. The molecule has 8 heteroatoms. The monoisotopic (exact) mass is 512 g/mol. The number of ether oxygens (including phenoxy) is 1. The Morgan fingerprint density at radius 3 is 2.68 bits per heavy atom. The van der Waals surface area contributed by atoms with Gasteiger partial charge in [0.2, 0.25) is 11.8 Å². The number of carbonyl (C=O) groups is 2. The van der Waals surface area contributed by atoms with Gasteiger partial charge in [-0.3, -0.25) is 9.59 Å². The van der Waals surface area contributed by atoms with Gasteiger partial charge < -0.3 is 29.9 Å². The minimum atomic E-state index is -0.271. The highest BCUT2D eigenvalue weighted by Gasteiger charge is 2.39. The Kier molecular flexibility index (Phi) is 9.62. The maximum atomic E-state index is 13.8. The van der Waals surface area contributed by atoms with Crippen molar-refractivity contribution in [3.63, 3.8) is 0 Å². The molecular formula is C29H44N4O4. The molecule has 2 heterocycles. The fourth-order valence-corrected chi connectivity index (χ4v) is 5.60. The number of fused-ring (bicyclic) bond motifs is 1. The summed E-state index contributed by atoms with van der Waals surface area (Å²) in [6, 6.07) is 8.44. The van der Waals surface area contributed by atoms with E-state index in [1.807, 2.05) is 0 Å². The quantitative estimate of drug-likeness (QED) is 0.359. The van der Waals surface area contributed by atoms with Gasteiger partial charge in [-0.2, -0.15) is 0 Å². The van der Waals surface area contributed by atoms with Crippen molar-refractivity contribution in [1.82, 2.24) is 20.1 Å². The van der Waals surface area contributed by atoms with Crippen molar-refractivity contribution in [3.05, 3.63) is 36.0 Å². The summed E-state index contributed by atoms with van der Waals surface area (Å²) in [6.45, 7) is 7.43. The van der Waals surface area contributed by atoms with Gasteiger partial charge in [0.15, 0.2) is 0 Å². The third kappa shape index (κ3) is 7.12. The van der Waals surface area contributed by atoms with Gasteiger partial charge in [-0.05, 0) is 49.7 Å². The van der Waals surface area contributed by atoms with Gasteiger partial charge in [0.1, 0.15) is 0 Å². The zero-order chi connectivity index (χ0) is 26.4. The normalized spacial score (nSPS) is 20.8. The summed E-state index contributed by atoms with van der Waals surface area (Å²) in [4.78, 5) is 28.9. The Labute approximate surface area is 220 Å². The summed E-state index contributed by atoms with van der Waals surface area (Å²) in [7, 11) is 1.73. The van der Waals surface area contributed by atoms with Crippen LogP contribution in [0.25, 0.3) is 10.9 Å². The molecule has 4 rings (SSSR count). The molecule has 37 heavy (non-hydrogen) atoms. The number of aryl methyl sites for hydroxylation is 1. The average molecular weight is 513 g/mol. The van der Waals surface area contributed by atoms with E-state index in [4.69, 9.17) is 4.74 Å². The summed E-state index contributed by atoms with van der Waals surface area (Å²) in [5.74, 6) is -0.0359. The summed E-state index contributed by atoms with van der Waals surface area (Å²) < 4.78 is 7.52. The molecule has 3 N–H and O–H groups in total. The average Bonchev–Trinajstić information content (AvgIpc) is 3.69. The number of hydrogen-bond donors (Lipinski definition) is 3. The molecule has 1 saturated carbocycles. The molecule has 0 bridgehead atoms. The van der Waals surface area contributed by atoms with Crippen LogP contribution >= 0.6 is 0 Å². The van der Waals surface area contributed by atoms with Crippen molar-refractivity contribution < 1.29 is 19.4 Å². The van der Waals surface area contributed by atoms with Gasteiger partial charge in [0.05, 0.1) is 24.5 Å². The summed E-state index contributed by atoms with van der Waals surface area (Å²) in [6.07, 6.45) is 6.48. The molecule has 1 aliphatic heterocycles. The Balaban J connectivity index is 1.45. The van der Waals surface area contributed by atoms with Crippen LogP contribution in [-0.4, -0.2) is 71.9 Å². The Hall–Kier alpha value is -2.42. The minimum absolute atomic E-state index is 0.0678. The molecule has 1 aliphatic carbocycles. The number of aromatic nitrogens is 1. The second-order valence-corrected chi connectivity index (χ2v) is 11.2. The van der Waals surface area contributed by atoms with Gasteiger partial charge in [-0.15, -0.1) is 0 Å². The van der Waals surface area contributed by atoms with Crippen LogP contribution in [0.4, 0.5) is 0 Å². The van der Waals surface area contributed by atoms with Crippen LogP contribution in [0, 0.1) is 17.8 Å². The van der Waals surface area contributed by atoms with E-state index in [9.17, 15) is 14.7 Å². The predicted octanol–water partition coefficient (Wildman–Crippen LogP) is 2.92. The third-order valence-electron chi connectivity index (χ3n) is 7.62. The Bertz CT molecular complexity index is 1050. The van der Waals surface area contributed by atoms with E-state index in [1.165, 1.54) is 16.5 Å². The summed E-state index contributed by atoms with van der Waals surface area (Å²) >= 11 is 0. The van der Waals surface area contributed by atoms with Crippen LogP contribution in [0.1, 0.15) is 51.5 Å². The number of amides is 2. The lowest BCUT2D eigenvalue weighted by Crippen LogP contribution is -2.51. The van der Waals surface area contributed by atoms with E-state index in [2.05, 4.69) is 64.4 Å². The molecule has 0 radical (unpaired) electrons. The molecule has 1 aromatic heterocycles. The lowest BCUT2D eigenvalue weighted by Gasteiger charge is -2.33. The molecule has 2 amide bonds. The van der Waals surface area contributed by atoms with E-state index >= 15 is 0 Å². The number of hydrogen-bond acceptors (Lipinski definition) is 5. The smallest absolute Gasteiger partial charge is 0.227 e. The molecule has 1 saturated heterocycles. The van der Waals surface area contributed by atoms with E-state index in [1.54, 1.807) is 7.11 Å². The lowest BCUT2D eigenvalue weighted by atomic mass is 9.88. The van der Waals surface area contributed by atoms with Crippen LogP contribution in [-0.2, 0) is 27.4 Å². The molecule has 2 aliphatic rings. The first-order chi connectivity index (χ1) is 17.9. The number of aliphatic hydroxyl groups excluding tert-OH is 1. The maximum absolute atomic E-state index is 13.8. The predicted molar refractivity (Wildman–Crippen MR) is 145 cm³/mol. The van der Waals surface area contributed by atoms with Gasteiger partial charge >= 0.3 is 0 Å². The molecule has 0 unspecified atom stereocenters. The maximum Gasteiger partial charge on any atom is 0.227 e. The molecule has 204 valence electrons. The van der Waals surface area contributed by atoms with Crippen LogP contribution < -0.4 is 10.6 Å². The number of carbonyl (C=O) groups excluding carboxylic acids is 2. The van der Waals surface area contributed by atoms with Gasteiger partial charge in [-0.1, -0.05) is 32.0 Å². The van der Waals surface area contributed by atoms with Crippen LogP contribution in [0.2, 0.25) is 0 Å². The van der Waals surface area contributed by atoms with Gasteiger partial charge in [0, 0.05) is 63.0 Å². The fourth-order valence-electron chi connectivity index (χ4n) is 5.60. The molecule has 1 aromatic carbocycles. The van der Waals surface area contributed by atoms with Crippen LogP contribution in [0.3, 0.4) is 0 Å². The van der Waals surface area contributed by atoms with Crippen LogP contribution in [0.5, 0.6) is 0 Å². The highest BCUT2D eigenvalue weighted by molar-refractivity contribution is 5.86. The second-order valence-electron chi connectivity index (χ2n) is 11.2. The first-order valence-corrected chi connectivity index (χ1v) is 13.9. The molecule has 8 nitrogen and oxygen atoms in total. The highest BCUT2D eigenvalue weighted by atomic mass is 16.5. The molecule has 3 atom stereocenters. The fraction of sp³-hybridized carbons (Fsp3) is 0.655. The topological polar surface area (TPSA) is 95.8 Å². The summed E-state index contributed by atoms with van der Waals surface area (Å²) in [5.41, 5.74) is 2.36. The number of para-hydroxylation sites is 1. The number of rotatable bonds is 13. The van der Waals surface area contributed by atoms with Crippen molar-refractivity contribution >= 4 is 22.7 Å². The third-order valence-corrected chi connectivity index (χ3v) is 7.62. The van der Waals surface area contributed by atoms with Crippen molar-refractivity contribution in [2.24, 2.45) is 17.8 Å². The van der Waals surface area contributed by atoms with E-state index < -0.39 is 0 Å². The first kappa shape index (κ1) is 27.6. The number of aliphatic hydroxyl groups is 1. The second kappa shape index (κ2) is 12.9. The standard InChI is InChI=1S/C29H44N4O4/c1-20(2)13-24(19-34)31-28(35)21-14-22(16-30-15-21)29(36)33(25-9-10-25)18-23-17-32(11-6-12-37-3)27-8-5-4-7-26(23)27/h4-5,7-8,17,20-22,24-25,30,34H,6,9-16,18-19H2,1-3H3,(H,31,35)/t21-,22+,24+/m0/s1. The number of piperidine rings is 1. The lowest BCUT2D eigenvalue weighted by molar-refractivity contribution is -0.139. The molecule has 2 aromatic rings. The first-order valence-electron chi connectivity index (χ1n) is 13.9. The number of benzene rings is 1. The minimum Gasteiger partial charge on any atom is -0.394 e. The van der Waals surface area contributed by atoms with Gasteiger partial charge in [-0.25, -0.2) is 0 Å². The highest BCUT2D eigenvalue weighted by Crippen LogP contribution is 2.33. The van der Waals surface area contributed by atoms with Crippen molar-refractivity contribution in [3.8, 4) is 0 Å². The summed E-state index contributed by atoms with van der Waals surface area (Å²) in [5, 5.41) is 17.2. The van der Waals surface area contributed by atoms with E-state index in [-0.39, 0.29) is 42.3 Å². The molecule has 0 spiro atoms. The van der Waals surface area contributed by atoms with Crippen molar-refractivity contribution in [1.29, 1.82) is 0 Å². The largest absolute Gasteiger partial charge is 0.394 e. The molecular weight excluding hydrogens is 468 g/mol. The van der Waals surface area contributed by atoms with E-state index in [0.29, 0.717) is 38.6 Å². The van der Waals surface area contributed by atoms with Crippen molar-refractivity contribution in [2.45, 2.75) is 71.1 Å². The zero-order valence-electron chi connectivity index (χ0n) is 22.6. The number of methoxy groups -OCH3 is 1. The zero-order valence-corrected chi connectivity index (χ0v) is 22.6. The van der Waals surface area contributed by atoms with Crippen molar-refractivity contribution in [2.75, 3.05) is 33.4 Å². The Morgan fingerprint density at radius 1 is 1.22 bits per heavy atom. The number of nitrogens with one attached hydrogen (secondary N) is 2. The SMILES string of the molecule is COCCCn1cc(CN(C(=O)[C@H]2CNC[C@@H](C(=O)N[C@@H](CO)CC(C)C)C2)C2CC2)c2ccccc21. The van der Waals surface area contributed by atoms with Crippen LogP contribution in [0.15, 0.2) is 30.5 Å².